The Labute approximate surface area is 151 Å². The highest BCUT2D eigenvalue weighted by Crippen LogP contribution is 2.30. The van der Waals surface area contributed by atoms with Crippen molar-refractivity contribution in [1.29, 1.82) is 0 Å². The fourth-order valence-electron chi connectivity index (χ4n) is 3.30. The Bertz CT molecular complexity index is 634. The lowest BCUT2D eigenvalue weighted by Gasteiger charge is -2.33. The van der Waals surface area contributed by atoms with Crippen LogP contribution in [-0.2, 0) is 9.59 Å². The maximum Gasteiger partial charge on any atom is 0.246 e. The van der Waals surface area contributed by atoms with Crippen LogP contribution in [0.1, 0.15) is 17.9 Å². The smallest absolute Gasteiger partial charge is 0.246 e. The normalized spacial score (nSPS) is 24.0. The molecule has 0 bridgehead atoms. The van der Waals surface area contributed by atoms with E-state index in [-0.39, 0.29) is 17.1 Å². The monoisotopic (exact) mass is 364 g/mol. The Morgan fingerprint density at radius 1 is 1.17 bits per heavy atom. The topological polar surface area (TPSA) is 40.6 Å². The van der Waals surface area contributed by atoms with Crippen molar-refractivity contribution in [1.82, 2.24) is 9.80 Å². The quantitative estimate of drug-likeness (QED) is 0.774. The zero-order chi connectivity index (χ0) is 17.1. The molecule has 2 aliphatic rings. The van der Waals surface area contributed by atoms with Gasteiger partial charge in [0.1, 0.15) is 5.25 Å². The summed E-state index contributed by atoms with van der Waals surface area (Å²) in [4.78, 5) is 28.3. The Kier molecular flexibility index (Phi) is 5.51. The summed E-state index contributed by atoms with van der Waals surface area (Å²) >= 11 is 7.60. The fourth-order valence-corrected chi connectivity index (χ4v) is 4.61. The number of hydrogen-bond acceptors (Lipinski definition) is 3. The average Bonchev–Trinajstić information content (AvgIpc) is 3.11. The summed E-state index contributed by atoms with van der Waals surface area (Å²) in [5.74, 6) is 1.22. The molecule has 0 aromatic heterocycles. The molecule has 128 valence electrons. The molecule has 2 fully saturated rings. The van der Waals surface area contributed by atoms with Gasteiger partial charge in [0, 0.05) is 42.9 Å². The van der Waals surface area contributed by atoms with Crippen LogP contribution in [0.15, 0.2) is 36.9 Å². The molecular weight excluding hydrogens is 344 g/mol. The van der Waals surface area contributed by atoms with Crippen molar-refractivity contribution < 1.29 is 9.59 Å². The molecule has 0 saturated carbocycles. The largest absolute Gasteiger partial charge is 0.341 e. The molecule has 0 aliphatic carbocycles. The highest BCUT2D eigenvalue weighted by molar-refractivity contribution is 8.00. The lowest BCUT2D eigenvalue weighted by molar-refractivity contribution is -0.131. The molecule has 24 heavy (non-hydrogen) atoms. The number of likely N-dealkylation sites (tertiary alicyclic amines) is 1. The van der Waals surface area contributed by atoms with Crippen LogP contribution in [0.25, 0.3) is 0 Å². The van der Waals surface area contributed by atoms with E-state index in [0.29, 0.717) is 19.0 Å². The SMILES string of the molecule is C=CC(=O)N1CCSC(C(=O)N2CCC(c3ccc(Cl)cc3)C2)C1. The van der Waals surface area contributed by atoms with Gasteiger partial charge < -0.3 is 9.80 Å². The lowest BCUT2D eigenvalue weighted by atomic mass is 9.99. The lowest BCUT2D eigenvalue weighted by Crippen LogP contribution is -2.48. The Hall–Kier alpha value is -1.46. The van der Waals surface area contributed by atoms with Crippen molar-refractivity contribution in [2.75, 3.05) is 31.9 Å². The second-order valence-electron chi connectivity index (χ2n) is 6.17. The van der Waals surface area contributed by atoms with E-state index < -0.39 is 0 Å². The first kappa shape index (κ1) is 17.4. The zero-order valence-electron chi connectivity index (χ0n) is 13.5. The van der Waals surface area contributed by atoms with E-state index in [1.54, 1.807) is 16.7 Å². The molecule has 3 rings (SSSR count). The average molecular weight is 365 g/mol. The van der Waals surface area contributed by atoms with Gasteiger partial charge in [-0.3, -0.25) is 9.59 Å². The molecule has 1 aromatic rings. The maximum absolute atomic E-state index is 12.8. The van der Waals surface area contributed by atoms with Crippen LogP contribution >= 0.6 is 23.4 Å². The summed E-state index contributed by atoms with van der Waals surface area (Å²) in [6.07, 6.45) is 2.30. The van der Waals surface area contributed by atoms with Crippen LogP contribution in [0.2, 0.25) is 5.02 Å². The zero-order valence-corrected chi connectivity index (χ0v) is 15.1. The number of hydrogen-bond donors (Lipinski definition) is 0. The number of carbonyl (C=O) groups excluding carboxylic acids is 2. The standard InChI is InChI=1S/C18H21ClN2O2S/c1-2-17(22)20-9-10-24-16(12-20)18(23)21-8-7-14(11-21)13-3-5-15(19)6-4-13/h2-6,14,16H,1,7-12H2. The minimum atomic E-state index is -0.161. The number of benzene rings is 1. The fraction of sp³-hybridized carbons (Fsp3) is 0.444. The van der Waals surface area contributed by atoms with E-state index in [9.17, 15) is 9.59 Å². The summed E-state index contributed by atoms with van der Waals surface area (Å²) in [5, 5.41) is 0.571. The van der Waals surface area contributed by atoms with E-state index in [2.05, 4.69) is 6.58 Å². The van der Waals surface area contributed by atoms with E-state index in [1.807, 2.05) is 29.2 Å². The molecule has 0 spiro atoms. The van der Waals surface area contributed by atoms with Gasteiger partial charge in [-0.15, -0.1) is 11.8 Å². The van der Waals surface area contributed by atoms with Crippen LogP contribution in [0.4, 0.5) is 0 Å². The third kappa shape index (κ3) is 3.78. The minimum Gasteiger partial charge on any atom is -0.341 e. The summed E-state index contributed by atoms with van der Waals surface area (Å²) < 4.78 is 0. The third-order valence-electron chi connectivity index (χ3n) is 4.67. The second kappa shape index (κ2) is 7.62. The molecule has 0 radical (unpaired) electrons. The summed E-state index contributed by atoms with van der Waals surface area (Å²) in [6.45, 7) is 6.22. The van der Waals surface area contributed by atoms with Crippen LogP contribution in [0, 0.1) is 0 Å². The molecule has 2 saturated heterocycles. The third-order valence-corrected chi connectivity index (χ3v) is 6.09. The molecule has 2 amide bonds. The van der Waals surface area contributed by atoms with Crippen molar-refractivity contribution in [2.45, 2.75) is 17.6 Å². The van der Waals surface area contributed by atoms with Gasteiger partial charge in [0.2, 0.25) is 11.8 Å². The molecule has 1 aromatic carbocycles. The van der Waals surface area contributed by atoms with Gasteiger partial charge in [-0.05, 0) is 30.2 Å². The molecule has 4 nitrogen and oxygen atoms in total. The Morgan fingerprint density at radius 3 is 2.62 bits per heavy atom. The maximum atomic E-state index is 12.8. The Balaban J connectivity index is 1.60. The molecule has 6 heteroatoms. The van der Waals surface area contributed by atoms with Gasteiger partial charge in [0.15, 0.2) is 0 Å². The minimum absolute atomic E-state index is 0.0893. The van der Waals surface area contributed by atoms with Crippen molar-refractivity contribution in [3.8, 4) is 0 Å². The van der Waals surface area contributed by atoms with E-state index in [4.69, 9.17) is 11.6 Å². The number of nitrogens with zero attached hydrogens (tertiary/aromatic N) is 2. The van der Waals surface area contributed by atoms with Crippen LogP contribution in [0.3, 0.4) is 0 Å². The van der Waals surface area contributed by atoms with Crippen molar-refractivity contribution in [3.05, 3.63) is 47.5 Å². The van der Waals surface area contributed by atoms with Crippen LogP contribution in [0.5, 0.6) is 0 Å². The van der Waals surface area contributed by atoms with Crippen molar-refractivity contribution in [3.63, 3.8) is 0 Å². The van der Waals surface area contributed by atoms with Crippen LogP contribution < -0.4 is 0 Å². The predicted molar refractivity (Wildman–Crippen MR) is 98.4 cm³/mol. The molecule has 2 atom stereocenters. The van der Waals surface area contributed by atoms with Crippen molar-refractivity contribution in [2.24, 2.45) is 0 Å². The highest BCUT2D eigenvalue weighted by atomic mass is 35.5. The molecule has 2 unspecified atom stereocenters. The van der Waals surface area contributed by atoms with E-state index >= 15 is 0 Å². The van der Waals surface area contributed by atoms with E-state index in [0.717, 1.165) is 30.3 Å². The molecule has 2 heterocycles. The van der Waals surface area contributed by atoms with Crippen molar-refractivity contribution >= 4 is 35.2 Å². The molecule has 0 N–H and O–H groups in total. The Morgan fingerprint density at radius 2 is 1.92 bits per heavy atom. The van der Waals surface area contributed by atoms with Gasteiger partial charge in [0.05, 0.1) is 0 Å². The first-order valence-corrected chi connectivity index (χ1v) is 9.58. The van der Waals surface area contributed by atoms with Gasteiger partial charge in [-0.1, -0.05) is 30.3 Å². The summed E-state index contributed by atoms with van der Waals surface area (Å²) in [6, 6.07) is 7.88. The number of halogens is 1. The number of rotatable bonds is 3. The van der Waals surface area contributed by atoms with Gasteiger partial charge >= 0.3 is 0 Å². The predicted octanol–water partition coefficient (Wildman–Crippen LogP) is 2.79. The summed E-state index contributed by atoms with van der Waals surface area (Å²) in [5.41, 5.74) is 1.23. The number of thioether (sulfide) groups is 1. The highest BCUT2D eigenvalue weighted by Gasteiger charge is 2.34. The van der Waals surface area contributed by atoms with E-state index in [1.165, 1.54) is 11.6 Å². The van der Waals surface area contributed by atoms with Gasteiger partial charge in [0.25, 0.3) is 0 Å². The summed E-state index contributed by atoms with van der Waals surface area (Å²) in [7, 11) is 0. The van der Waals surface area contributed by atoms with Crippen LogP contribution in [-0.4, -0.2) is 58.8 Å². The first-order valence-electron chi connectivity index (χ1n) is 8.15. The van der Waals surface area contributed by atoms with Gasteiger partial charge in [-0.25, -0.2) is 0 Å². The first-order chi connectivity index (χ1) is 11.6. The number of carbonyl (C=O) groups is 2. The number of amides is 2. The molecule has 2 aliphatic heterocycles. The van der Waals surface area contributed by atoms with Gasteiger partial charge in [-0.2, -0.15) is 0 Å². The second-order valence-corrected chi connectivity index (χ2v) is 7.92. The molecular formula is C18H21ClN2O2S.